The normalized spacial score (nSPS) is 12.2. The standard InChI is InChI=1S/C10H20F2N2.C2H6/c1-6-14(7-10(5,11)12)13-9(4)8(2)3;1-2/h8H,6-7H2,1-5H3;1-2H3/b13-9+;. The molecule has 4 heteroatoms. The predicted octanol–water partition coefficient (Wildman–Crippen LogP) is 4.02. The molecule has 0 fully saturated rings. The van der Waals surface area contributed by atoms with Gasteiger partial charge in [-0.2, -0.15) is 5.10 Å². The first-order valence-corrected chi connectivity index (χ1v) is 5.94. The summed E-state index contributed by atoms with van der Waals surface area (Å²) in [6.07, 6.45) is 0. The third-order valence-electron chi connectivity index (χ3n) is 1.96. The van der Waals surface area contributed by atoms with Crippen molar-refractivity contribution in [3.05, 3.63) is 0 Å². The van der Waals surface area contributed by atoms with E-state index in [9.17, 15) is 8.78 Å². The molecule has 0 aliphatic carbocycles. The van der Waals surface area contributed by atoms with Crippen molar-refractivity contribution in [2.45, 2.75) is 54.4 Å². The molecule has 0 saturated heterocycles. The first-order chi connectivity index (χ1) is 7.26. The monoisotopic (exact) mass is 236 g/mol. The van der Waals surface area contributed by atoms with E-state index in [1.165, 1.54) is 5.01 Å². The van der Waals surface area contributed by atoms with Crippen LogP contribution in [0.3, 0.4) is 0 Å². The van der Waals surface area contributed by atoms with E-state index < -0.39 is 5.92 Å². The molecule has 0 aromatic heterocycles. The van der Waals surface area contributed by atoms with Crippen LogP contribution in [0.5, 0.6) is 0 Å². The molecule has 0 bridgehead atoms. The lowest BCUT2D eigenvalue weighted by molar-refractivity contribution is -0.0127. The minimum absolute atomic E-state index is 0.300. The molecule has 0 radical (unpaired) electrons. The second kappa shape index (κ2) is 8.48. The Kier molecular flexibility index (Phi) is 9.39. The van der Waals surface area contributed by atoms with Crippen LogP contribution < -0.4 is 0 Å². The summed E-state index contributed by atoms with van der Waals surface area (Å²) in [6, 6.07) is 0. The van der Waals surface area contributed by atoms with Crippen molar-refractivity contribution in [1.82, 2.24) is 5.01 Å². The lowest BCUT2D eigenvalue weighted by atomic mass is 10.1. The third kappa shape index (κ3) is 9.87. The summed E-state index contributed by atoms with van der Waals surface area (Å²) in [7, 11) is 0. The average Bonchev–Trinajstić information content (AvgIpc) is 2.17. The van der Waals surface area contributed by atoms with Crippen LogP contribution in [0.4, 0.5) is 8.78 Å². The van der Waals surface area contributed by atoms with Crippen molar-refractivity contribution in [2.24, 2.45) is 11.0 Å². The highest BCUT2D eigenvalue weighted by molar-refractivity contribution is 5.83. The number of hydrogen-bond acceptors (Lipinski definition) is 2. The topological polar surface area (TPSA) is 15.6 Å². The van der Waals surface area contributed by atoms with Gasteiger partial charge < -0.3 is 0 Å². The Bertz CT molecular complexity index is 196. The van der Waals surface area contributed by atoms with Crippen molar-refractivity contribution in [3.8, 4) is 0 Å². The summed E-state index contributed by atoms with van der Waals surface area (Å²) in [6.45, 7) is 12.8. The van der Waals surface area contributed by atoms with Crippen LogP contribution in [-0.2, 0) is 0 Å². The molecule has 0 saturated carbocycles. The fraction of sp³-hybridized carbons (Fsp3) is 0.917. The molecule has 2 nitrogen and oxygen atoms in total. The van der Waals surface area contributed by atoms with Gasteiger partial charge in [-0.1, -0.05) is 27.7 Å². The summed E-state index contributed by atoms with van der Waals surface area (Å²) in [5, 5.41) is 5.56. The molecule has 0 aromatic carbocycles. The van der Waals surface area contributed by atoms with Crippen molar-refractivity contribution in [2.75, 3.05) is 13.1 Å². The van der Waals surface area contributed by atoms with Crippen molar-refractivity contribution in [3.63, 3.8) is 0 Å². The molecule has 98 valence electrons. The van der Waals surface area contributed by atoms with Gasteiger partial charge >= 0.3 is 0 Å². The van der Waals surface area contributed by atoms with Gasteiger partial charge in [-0.05, 0) is 19.8 Å². The Labute approximate surface area is 98.7 Å². The van der Waals surface area contributed by atoms with Crippen LogP contribution in [0.2, 0.25) is 0 Å². The zero-order valence-corrected chi connectivity index (χ0v) is 11.6. The maximum atomic E-state index is 12.7. The summed E-state index contributed by atoms with van der Waals surface area (Å²) in [5.41, 5.74) is 0.885. The second-order valence-corrected chi connectivity index (χ2v) is 3.95. The number of hydrazone groups is 1. The Balaban J connectivity index is 0. The van der Waals surface area contributed by atoms with Crippen molar-refractivity contribution < 1.29 is 8.78 Å². The van der Waals surface area contributed by atoms with Gasteiger partial charge in [-0.3, -0.25) is 5.01 Å². The molecule has 0 spiro atoms. The van der Waals surface area contributed by atoms with E-state index in [4.69, 9.17) is 0 Å². The minimum Gasteiger partial charge on any atom is -0.291 e. The van der Waals surface area contributed by atoms with Gasteiger partial charge in [0.05, 0.1) is 6.54 Å². The molecule has 0 aliphatic rings. The van der Waals surface area contributed by atoms with Gasteiger partial charge in [0.15, 0.2) is 0 Å². The summed E-state index contributed by atoms with van der Waals surface area (Å²) in [5.74, 6) is -2.38. The fourth-order valence-electron chi connectivity index (χ4n) is 0.877. The predicted molar refractivity (Wildman–Crippen MR) is 67.2 cm³/mol. The number of halogens is 2. The van der Waals surface area contributed by atoms with E-state index in [1.807, 2.05) is 41.5 Å². The molecule has 16 heavy (non-hydrogen) atoms. The van der Waals surface area contributed by atoms with E-state index in [1.54, 1.807) is 0 Å². The van der Waals surface area contributed by atoms with Gasteiger partial charge in [0.2, 0.25) is 0 Å². The number of nitrogens with zero attached hydrogens (tertiary/aromatic N) is 2. The summed E-state index contributed by atoms with van der Waals surface area (Å²) < 4.78 is 25.4. The molecule has 0 heterocycles. The van der Waals surface area contributed by atoms with E-state index in [0.29, 0.717) is 12.5 Å². The third-order valence-corrected chi connectivity index (χ3v) is 1.96. The zero-order valence-electron chi connectivity index (χ0n) is 11.6. The van der Waals surface area contributed by atoms with Gasteiger partial charge in [-0.25, -0.2) is 8.78 Å². The Hall–Kier alpha value is -0.670. The highest BCUT2D eigenvalue weighted by Crippen LogP contribution is 2.14. The van der Waals surface area contributed by atoms with Gasteiger partial charge in [0.25, 0.3) is 5.92 Å². The van der Waals surface area contributed by atoms with E-state index in [-0.39, 0.29) is 6.54 Å². The summed E-state index contributed by atoms with van der Waals surface area (Å²) in [4.78, 5) is 0. The van der Waals surface area contributed by atoms with Crippen molar-refractivity contribution >= 4 is 5.71 Å². The van der Waals surface area contributed by atoms with Crippen LogP contribution in [0.15, 0.2) is 5.10 Å². The molecular weight excluding hydrogens is 210 g/mol. The highest BCUT2D eigenvalue weighted by atomic mass is 19.3. The molecule has 0 aliphatic heterocycles. The van der Waals surface area contributed by atoms with E-state index >= 15 is 0 Å². The molecule has 0 atom stereocenters. The van der Waals surface area contributed by atoms with Crippen LogP contribution in [0.25, 0.3) is 0 Å². The molecule has 0 amide bonds. The maximum absolute atomic E-state index is 12.7. The lowest BCUT2D eigenvalue weighted by Crippen LogP contribution is -2.32. The van der Waals surface area contributed by atoms with Crippen LogP contribution in [0.1, 0.15) is 48.5 Å². The number of alkyl halides is 2. The number of hydrogen-bond donors (Lipinski definition) is 0. The Morgan fingerprint density at radius 1 is 1.31 bits per heavy atom. The molecule has 0 aromatic rings. The molecular formula is C12H26F2N2. The van der Waals surface area contributed by atoms with E-state index in [2.05, 4.69) is 5.10 Å². The molecule has 0 unspecified atom stereocenters. The summed E-state index contributed by atoms with van der Waals surface area (Å²) >= 11 is 0. The lowest BCUT2D eigenvalue weighted by Gasteiger charge is -2.22. The first-order valence-electron chi connectivity index (χ1n) is 5.94. The van der Waals surface area contributed by atoms with Crippen LogP contribution in [-0.4, -0.2) is 29.7 Å². The van der Waals surface area contributed by atoms with Gasteiger partial charge in [0.1, 0.15) is 0 Å². The zero-order chi connectivity index (χ0) is 13.4. The minimum atomic E-state index is -2.68. The van der Waals surface area contributed by atoms with Crippen molar-refractivity contribution in [1.29, 1.82) is 0 Å². The fourth-order valence-corrected chi connectivity index (χ4v) is 0.877. The van der Waals surface area contributed by atoms with Gasteiger partial charge in [0, 0.05) is 19.2 Å². The van der Waals surface area contributed by atoms with E-state index in [0.717, 1.165) is 12.6 Å². The van der Waals surface area contributed by atoms with Crippen LogP contribution in [0, 0.1) is 5.92 Å². The average molecular weight is 236 g/mol. The Morgan fingerprint density at radius 2 is 1.75 bits per heavy atom. The molecule has 0 rings (SSSR count). The quantitative estimate of drug-likeness (QED) is 0.520. The van der Waals surface area contributed by atoms with Gasteiger partial charge in [-0.15, -0.1) is 0 Å². The Morgan fingerprint density at radius 3 is 2.00 bits per heavy atom. The number of rotatable bonds is 5. The largest absolute Gasteiger partial charge is 0.291 e. The smallest absolute Gasteiger partial charge is 0.264 e. The SMILES string of the molecule is CC.CCN(CC(C)(F)F)/N=C(\C)C(C)C. The highest BCUT2D eigenvalue weighted by Gasteiger charge is 2.24. The maximum Gasteiger partial charge on any atom is 0.264 e. The van der Waals surface area contributed by atoms with Crippen LogP contribution >= 0.6 is 0 Å². The second-order valence-electron chi connectivity index (χ2n) is 3.95. The first kappa shape index (κ1) is 17.7. The molecule has 0 N–H and O–H groups in total.